The van der Waals surface area contributed by atoms with E-state index < -0.39 is 6.10 Å². The minimum atomic E-state index is -0.489. The second kappa shape index (κ2) is 10.6. The van der Waals surface area contributed by atoms with Crippen molar-refractivity contribution in [2.24, 2.45) is 0 Å². The van der Waals surface area contributed by atoms with E-state index >= 15 is 0 Å². The van der Waals surface area contributed by atoms with Crippen molar-refractivity contribution in [1.82, 2.24) is 9.80 Å². The van der Waals surface area contributed by atoms with E-state index in [0.29, 0.717) is 18.2 Å². The minimum absolute atomic E-state index is 0.175. The van der Waals surface area contributed by atoms with Crippen molar-refractivity contribution in [1.29, 1.82) is 0 Å². The molecular formula is C21H33ClN2O3. The van der Waals surface area contributed by atoms with Crippen LogP contribution in [0.5, 0.6) is 5.75 Å². The molecule has 152 valence electrons. The van der Waals surface area contributed by atoms with Gasteiger partial charge in [-0.3, -0.25) is 4.90 Å². The molecule has 2 aliphatic rings. The maximum Gasteiger partial charge on any atom is 0.124 e. The third-order valence-electron chi connectivity index (χ3n) is 5.57. The van der Waals surface area contributed by atoms with Crippen LogP contribution in [-0.2, 0) is 6.54 Å². The Morgan fingerprint density at radius 2 is 1.74 bits per heavy atom. The number of rotatable bonds is 7. The van der Waals surface area contributed by atoms with Crippen LogP contribution in [0.2, 0.25) is 5.02 Å². The van der Waals surface area contributed by atoms with Gasteiger partial charge in [-0.25, -0.2) is 0 Å². The molecule has 0 aromatic heterocycles. The van der Waals surface area contributed by atoms with Gasteiger partial charge in [0, 0.05) is 36.8 Å². The average molecular weight is 397 g/mol. The lowest BCUT2D eigenvalue weighted by Gasteiger charge is -2.30. The van der Waals surface area contributed by atoms with E-state index in [9.17, 15) is 10.2 Å². The Labute approximate surface area is 167 Å². The normalized spacial score (nSPS) is 21.7. The molecule has 2 fully saturated rings. The number of aliphatic hydroxyl groups excluding tert-OH is 2. The molecule has 6 heteroatoms. The summed E-state index contributed by atoms with van der Waals surface area (Å²) in [6.07, 6.45) is 5.99. The molecule has 1 aromatic rings. The molecule has 0 spiro atoms. The molecule has 0 saturated carbocycles. The van der Waals surface area contributed by atoms with Crippen molar-refractivity contribution < 1.29 is 14.9 Å². The van der Waals surface area contributed by atoms with E-state index in [-0.39, 0.29) is 6.10 Å². The number of ether oxygens (including phenoxy) is 1. The van der Waals surface area contributed by atoms with Crippen LogP contribution in [-0.4, -0.2) is 71.6 Å². The van der Waals surface area contributed by atoms with Crippen LogP contribution in [0.25, 0.3) is 0 Å². The Kier molecular flexibility index (Phi) is 8.22. The molecule has 0 amide bonds. The number of hydrogen-bond donors (Lipinski definition) is 2. The molecule has 0 bridgehead atoms. The van der Waals surface area contributed by atoms with Crippen LogP contribution < -0.4 is 4.74 Å². The number of β-amino-alcohol motifs (C(OH)–C–C–N with tert-alkyl or cyclic N) is 1. The summed E-state index contributed by atoms with van der Waals surface area (Å²) < 4.78 is 5.98. The highest BCUT2D eigenvalue weighted by molar-refractivity contribution is 6.30. The first kappa shape index (κ1) is 20.9. The summed E-state index contributed by atoms with van der Waals surface area (Å²) in [5.74, 6) is 0.792. The molecular weight excluding hydrogens is 364 g/mol. The Morgan fingerprint density at radius 3 is 2.44 bits per heavy atom. The molecule has 2 N–H and O–H groups in total. The predicted octanol–water partition coefficient (Wildman–Crippen LogP) is 2.91. The fourth-order valence-corrected chi connectivity index (χ4v) is 4.18. The number of benzene rings is 1. The second-order valence-electron chi connectivity index (χ2n) is 7.94. The van der Waals surface area contributed by atoms with Gasteiger partial charge in [0.1, 0.15) is 18.5 Å². The lowest BCUT2D eigenvalue weighted by molar-refractivity contribution is 0.0666. The predicted molar refractivity (Wildman–Crippen MR) is 108 cm³/mol. The van der Waals surface area contributed by atoms with Gasteiger partial charge in [0.05, 0.1) is 6.10 Å². The summed E-state index contributed by atoms with van der Waals surface area (Å²) in [4.78, 5) is 4.67. The van der Waals surface area contributed by atoms with Crippen molar-refractivity contribution in [3.05, 3.63) is 28.8 Å². The van der Waals surface area contributed by atoms with Crippen LogP contribution in [0, 0.1) is 0 Å². The molecule has 27 heavy (non-hydrogen) atoms. The van der Waals surface area contributed by atoms with E-state index in [2.05, 4.69) is 9.80 Å². The fourth-order valence-electron chi connectivity index (χ4n) is 3.99. The Hall–Kier alpha value is -0.850. The van der Waals surface area contributed by atoms with Crippen molar-refractivity contribution in [3.63, 3.8) is 0 Å². The smallest absolute Gasteiger partial charge is 0.124 e. The van der Waals surface area contributed by atoms with Crippen LogP contribution in [0.3, 0.4) is 0 Å². The summed E-state index contributed by atoms with van der Waals surface area (Å²) in [5.41, 5.74) is 1.04. The number of nitrogens with zero attached hydrogens (tertiary/aromatic N) is 2. The molecule has 2 aliphatic heterocycles. The lowest BCUT2D eigenvalue weighted by Crippen LogP contribution is -2.36. The molecule has 1 atom stereocenters. The van der Waals surface area contributed by atoms with Gasteiger partial charge in [-0.2, -0.15) is 0 Å². The van der Waals surface area contributed by atoms with Crippen LogP contribution in [0.1, 0.15) is 44.1 Å². The summed E-state index contributed by atoms with van der Waals surface area (Å²) in [5, 5.41) is 20.8. The zero-order chi connectivity index (χ0) is 19.1. The van der Waals surface area contributed by atoms with Crippen LogP contribution >= 0.6 is 11.6 Å². The summed E-state index contributed by atoms with van der Waals surface area (Å²) >= 11 is 6.19. The zero-order valence-corrected chi connectivity index (χ0v) is 16.9. The highest BCUT2D eigenvalue weighted by atomic mass is 35.5. The SMILES string of the molecule is OC1CCN(Cc2cc(Cl)ccc2OC[C@@H](O)CN2CCCCCC2)CC1. The lowest BCUT2D eigenvalue weighted by atomic mass is 10.1. The zero-order valence-electron chi connectivity index (χ0n) is 16.2. The topological polar surface area (TPSA) is 56.2 Å². The third kappa shape index (κ3) is 6.91. The van der Waals surface area contributed by atoms with Crippen LogP contribution in [0.15, 0.2) is 18.2 Å². The Morgan fingerprint density at radius 1 is 1.04 bits per heavy atom. The van der Waals surface area contributed by atoms with E-state index in [4.69, 9.17) is 16.3 Å². The van der Waals surface area contributed by atoms with Crippen molar-refractivity contribution in [3.8, 4) is 5.75 Å². The first-order valence-corrected chi connectivity index (χ1v) is 10.7. The summed E-state index contributed by atoms with van der Waals surface area (Å²) in [6, 6.07) is 5.68. The van der Waals surface area contributed by atoms with Crippen molar-refractivity contribution in [2.45, 2.75) is 57.3 Å². The number of likely N-dealkylation sites (tertiary alicyclic amines) is 2. The summed E-state index contributed by atoms with van der Waals surface area (Å²) in [6.45, 7) is 5.63. The molecule has 1 aromatic carbocycles. The Balaban J connectivity index is 1.52. The van der Waals surface area contributed by atoms with E-state index in [1.807, 2.05) is 18.2 Å². The molecule has 2 heterocycles. The number of halogens is 1. The number of piperidine rings is 1. The van der Waals surface area contributed by atoms with Gasteiger partial charge in [0.15, 0.2) is 0 Å². The van der Waals surface area contributed by atoms with Gasteiger partial charge in [-0.1, -0.05) is 24.4 Å². The number of aliphatic hydroxyl groups is 2. The molecule has 3 rings (SSSR count). The summed E-state index contributed by atoms with van der Waals surface area (Å²) in [7, 11) is 0. The first-order chi connectivity index (χ1) is 13.1. The van der Waals surface area contributed by atoms with E-state index in [1.54, 1.807) is 0 Å². The Bertz CT molecular complexity index is 571. The quantitative estimate of drug-likeness (QED) is 0.742. The number of hydrogen-bond acceptors (Lipinski definition) is 5. The van der Waals surface area contributed by atoms with Gasteiger partial charge < -0.3 is 19.8 Å². The monoisotopic (exact) mass is 396 g/mol. The van der Waals surface area contributed by atoms with Gasteiger partial charge in [-0.15, -0.1) is 0 Å². The second-order valence-corrected chi connectivity index (χ2v) is 8.38. The molecule has 0 aliphatic carbocycles. The molecule has 5 nitrogen and oxygen atoms in total. The maximum absolute atomic E-state index is 10.4. The van der Waals surface area contributed by atoms with Crippen LogP contribution in [0.4, 0.5) is 0 Å². The molecule has 2 saturated heterocycles. The third-order valence-corrected chi connectivity index (χ3v) is 5.81. The highest BCUT2D eigenvalue weighted by Crippen LogP contribution is 2.26. The van der Waals surface area contributed by atoms with Gasteiger partial charge in [0.2, 0.25) is 0 Å². The fraction of sp³-hybridized carbons (Fsp3) is 0.714. The van der Waals surface area contributed by atoms with Crippen molar-refractivity contribution >= 4 is 11.6 Å². The van der Waals surface area contributed by atoms with Gasteiger partial charge in [-0.05, 0) is 57.0 Å². The standard InChI is InChI=1S/C21H33ClN2O3/c22-18-5-6-21(17(13-18)14-24-11-7-19(25)8-12-24)27-16-20(26)15-23-9-3-1-2-4-10-23/h5-6,13,19-20,25-26H,1-4,7-12,14-16H2/t20-/m0/s1. The minimum Gasteiger partial charge on any atom is -0.491 e. The molecule has 0 radical (unpaired) electrons. The van der Waals surface area contributed by atoms with Crippen molar-refractivity contribution in [2.75, 3.05) is 39.3 Å². The van der Waals surface area contributed by atoms with E-state index in [1.165, 1.54) is 25.7 Å². The highest BCUT2D eigenvalue weighted by Gasteiger charge is 2.19. The maximum atomic E-state index is 10.4. The molecule has 0 unspecified atom stereocenters. The largest absolute Gasteiger partial charge is 0.491 e. The van der Waals surface area contributed by atoms with Gasteiger partial charge >= 0.3 is 0 Å². The average Bonchev–Trinajstić information content (AvgIpc) is 2.91. The van der Waals surface area contributed by atoms with E-state index in [0.717, 1.165) is 56.9 Å². The first-order valence-electron chi connectivity index (χ1n) is 10.3. The van der Waals surface area contributed by atoms with Gasteiger partial charge in [0.25, 0.3) is 0 Å².